The minimum absolute atomic E-state index is 0.0847. The Bertz CT molecular complexity index is 435. The minimum Gasteiger partial charge on any atom is -0.495 e. The molecule has 0 aliphatic heterocycles. The number of hydrogen-bond acceptors (Lipinski definition) is 3. The summed E-state index contributed by atoms with van der Waals surface area (Å²) in [5, 5.41) is 9.38. The Morgan fingerprint density at radius 1 is 1.44 bits per heavy atom. The van der Waals surface area contributed by atoms with E-state index in [0.29, 0.717) is 23.4 Å². The van der Waals surface area contributed by atoms with Crippen LogP contribution in [0.2, 0.25) is 0 Å². The fourth-order valence-electron chi connectivity index (χ4n) is 1.99. The number of hydrogen-bond donors (Lipinski definition) is 2. The number of ether oxygens (including phenoxy) is 1. The molecule has 0 aliphatic rings. The van der Waals surface area contributed by atoms with Crippen LogP contribution in [0.15, 0.2) is 18.2 Å². The van der Waals surface area contributed by atoms with Crippen molar-refractivity contribution in [3.8, 4) is 5.75 Å². The van der Waals surface area contributed by atoms with Crippen molar-refractivity contribution in [1.82, 2.24) is 0 Å². The minimum atomic E-state index is -0.857. The lowest BCUT2D eigenvalue weighted by atomic mass is 9.81. The SMILES string of the molecule is COc1cccc(C(CC(C)(C)C)C(=O)O)c1N. The summed E-state index contributed by atoms with van der Waals surface area (Å²) in [6.45, 7) is 6.04. The predicted molar refractivity (Wildman–Crippen MR) is 71.9 cm³/mol. The molecule has 1 unspecified atom stereocenters. The van der Waals surface area contributed by atoms with Crippen LogP contribution in [-0.4, -0.2) is 18.2 Å². The van der Waals surface area contributed by atoms with Crippen molar-refractivity contribution in [3.05, 3.63) is 23.8 Å². The summed E-state index contributed by atoms with van der Waals surface area (Å²) < 4.78 is 5.13. The number of carboxylic acids is 1. The van der Waals surface area contributed by atoms with E-state index in [-0.39, 0.29) is 5.41 Å². The Morgan fingerprint density at radius 3 is 2.50 bits per heavy atom. The number of carboxylic acid groups (broad SMARTS) is 1. The van der Waals surface area contributed by atoms with Crippen LogP contribution in [0.25, 0.3) is 0 Å². The highest BCUT2D eigenvalue weighted by atomic mass is 16.5. The van der Waals surface area contributed by atoms with Gasteiger partial charge in [0.15, 0.2) is 0 Å². The summed E-state index contributed by atoms with van der Waals surface area (Å²) in [6, 6.07) is 5.25. The zero-order chi connectivity index (χ0) is 13.9. The maximum Gasteiger partial charge on any atom is 0.311 e. The van der Waals surface area contributed by atoms with Gasteiger partial charge in [-0.05, 0) is 23.5 Å². The number of nitrogen functional groups attached to an aromatic ring is 1. The molecule has 1 atom stereocenters. The Kier molecular flexibility index (Phi) is 4.22. The first-order chi connectivity index (χ1) is 8.26. The van der Waals surface area contributed by atoms with Crippen LogP contribution < -0.4 is 10.5 Å². The lowest BCUT2D eigenvalue weighted by Crippen LogP contribution is -2.20. The molecule has 3 N–H and O–H groups in total. The number of aliphatic carboxylic acids is 1. The van der Waals surface area contributed by atoms with Gasteiger partial charge in [0.2, 0.25) is 0 Å². The Labute approximate surface area is 108 Å². The van der Waals surface area contributed by atoms with E-state index < -0.39 is 11.9 Å². The number of benzene rings is 1. The summed E-state index contributed by atoms with van der Waals surface area (Å²) in [4.78, 5) is 11.4. The molecular formula is C14H21NO3. The molecule has 0 radical (unpaired) electrons. The molecule has 4 nitrogen and oxygen atoms in total. The van der Waals surface area contributed by atoms with Gasteiger partial charge < -0.3 is 15.6 Å². The third kappa shape index (κ3) is 3.39. The van der Waals surface area contributed by atoms with E-state index in [1.54, 1.807) is 18.2 Å². The molecule has 0 saturated heterocycles. The molecule has 0 spiro atoms. The number of anilines is 1. The second-order valence-electron chi connectivity index (χ2n) is 5.62. The largest absolute Gasteiger partial charge is 0.495 e. The Hall–Kier alpha value is -1.71. The van der Waals surface area contributed by atoms with Gasteiger partial charge in [-0.1, -0.05) is 32.9 Å². The fourth-order valence-corrected chi connectivity index (χ4v) is 1.99. The summed E-state index contributed by atoms with van der Waals surface area (Å²) in [7, 11) is 1.52. The van der Waals surface area contributed by atoms with Crippen LogP contribution in [0.3, 0.4) is 0 Å². The summed E-state index contributed by atoms with van der Waals surface area (Å²) in [5.74, 6) is -0.947. The van der Waals surface area contributed by atoms with Crippen molar-refractivity contribution in [1.29, 1.82) is 0 Å². The van der Waals surface area contributed by atoms with Crippen LogP contribution in [-0.2, 0) is 4.79 Å². The van der Waals surface area contributed by atoms with E-state index in [1.807, 2.05) is 20.8 Å². The van der Waals surface area contributed by atoms with E-state index in [2.05, 4.69) is 0 Å². The van der Waals surface area contributed by atoms with Gasteiger partial charge >= 0.3 is 5.97 Å². The molecule has 0 aromatic heterocycles. The van der Waals surface area contributed by atoms with Gasteiger partial charge in [0.1, 0.15) is 5.75 Å². The molecule has 100 valence electrons. The van der Waals surface area contributed by atoms with Crippen molar-refractivity contribution in [2.45, 2.75) is 33.1 Å². The fraction of sp³-hybridized carbons (Fsp3) is 0.500. The van der Waals surface area contributed by atoms with Crippen LogP contribution in [0.1, 0.15) is 38.7 Å². The van der Waals surface area contributed by atoms with Gasteiger partial charge in [-0.2, -0.15) is 0 Å². The van der Waals surface area contributed by atoms with Crippen molar-refractivity contribution in [3.63, 3.8) is 0 Å². The van der Waals surface area contributed by atoms with Crippen molar-refractivity contribution >= 4 is 11.7 Å². The van der Waals surface area contributed by atoms with E-state index in [0.717, 1.165) is 0 Å². The topological polar surface area (TPSA) is 72.5 Å². The van der Waals surface area contributed by atoms with Gasteiger partial charge in [-0.25, -0.2) is 0 Å². The molecule has 0 saturated carbocycles. The van der Waals surface area contributed by atoms with Gasteiger partial charge in [0.05, 0.1) is 18.7 Å². The zero-order valence-electron chi connectivity index (χ0n) is 11.4. The Morgan fingerprint density at radius 2 is 2.06 bits per heavy atom. The zero-order valence-corrected chi connectivity index (χ0v) is 11.4. The first-order valence-electron chi connectivity index (χ1n) is 5.91. The van der Waals surface area contributed by atoms with Crippen LogP contribution in [0.5, 0.6) is 5.75 Å². The average Bonchev–Trinajstić information content (AvgIpc) is 2.25. The molecule has 0 bridgehead atoms. The predicted octanol–water partition coefficient (Wildman–Crippen LogP) is 2.88. The number of para-hydroxylation sites is 1. The van der Waals surface area contributed by atoms with Gasteiger partial charge in [0.25, 0.3) is 0 Å². The van der Waals surface area contributed by atoms with E-state index >= 15 is 0 Å². The molecular weight excluding hydrogens is 230 g/mol. The molecule has 0 amide bonds. The summed E-state index contributed by atoms with van der Waals surface area (Å²) >= 11 is 0. The quantitative estimate of drug-likeness (QED) is 0.807. The monoisotopic (exact) mass is 251 g/mol. The van der Waals surface area contributed by atoms with E-state index in [4.69, 9.17) is 10.5 Å². The van der Waals surface area contributed by atoms with Gasteiger partial charge in [-0.3, -0.25) is 4.79 Å². The van der Waals surface area contributed by atoms with Crippen LogP contribution in [0, 0.1) is 5.41 Å². The molecule has 0 aliphatic carbocycles. The Balaban J connectivity index is 3.18. The van der Waals surface area contributed by atoms with Crippen molar-refractivity contribution < 1.29 is 14.6 Å². The maximum absolute atomic E-state index is 11.4. The molecule has 1 aromatic rings. The average molecular weight is 251 g/mol. The summed E-state index contributed by atoms with van der Waals surface area (Å²) in [5.41, 5.74) is 6.91. The number of rotatable bonds is 4. The second kappa shape index (κ2) is 5.29. The lowest BCUT2D eigenvalue weighted by molar-refractivity contribution is -0.139. The highest BCUT2D eigenvalue weighted by molar-refractivity contribution is 5.80. The second-order valence-corrected chi connectivity index (χ2v) is 5.62. The number of methoxy groups -OCH3 is 1. The molecule has 1 aromatic carbocycles. The lowest BCUT2D eigenvalue weighted by Gasteiger charge is -2.24. The highest BCUT2D eigenvalue weighted by Crippen LogP contribution is 2.37. The first-order valence-corrected chi connectivity index (χ1v) is 5.91. The molecule has 18 heavy (non-hydrogen) atoms. The third-order valence-corrected chi connectivity index (χ3v) is 2.81. The van der Waals surface area contributed by atoms with E-state index in [9.17, 15) is 9.90 Å². The first kappa shape index (κ1) is 14.4. The molecule has 0 heterocycles. The highest BCUT2D eigenvalue weighted by Gasteiger charge is 2.28. The normalized spacial score (nSPS) is 13.1. The summed E-state index contributed by atoms with van der Waals surface area (Å²) in [6.07, 6.45) is 0.527. The maximum atomic E-state index is 11.4. The third-order valence-electron chi connectivity index (χ3n) is 2.81. The van der Waals surface area contributed by atoms with Crippen LogP contribution >= 0.6 is 0 Å². The van der Waals surface area contributed by atoms with Crippen molar-refractivity contribution in [2.24, 2.45) is 5.41 Å². The van der Waals surface area contributed by atoms with Gasteiger partial charge in [0, 0.05) is 0 Å². The number of carbonyl (C=O) groups is 1. The molecule has 1 rings (SSSR count). The van der Waals surface area contributed by atoms with Gasteiger partial charge in [-0.15, -0.1) is 0 Å². The molecule has 4 heteroatoms. The smallest absolute Gasteiger partial charge is 0.311 e. The number of nitrogens with two attached hydrogens (primary N) is 1. The standard InChI is InChI=1S/C14H21NO3/c1-14(2,3)8-10(13(16)17)9-6-5-7-11(18-4)12(9)15/h5-7,10H,8,15H2,1-4H3,(H,16,17). The van der Waals surface area contributed by atoms with Crippen molar-refractivity contribution in [2.75, 3.05) is 12.8 Å². The van der Waals surface area contributed by atoms with Crippen LogP contribution in [0.4, 0.5) is 5.69 Å². The molecule has 0 fully saturated rings. The van der Waals surface area contributed by atoms with E-state index in [1.165, 1.54) is 7.11 Å².